The van der Waals surface area contributed by atoms with Crippen molar-refractivity contribution >= 4 is 11.9 Å². The minimum absolute atomic E-state index is 0.00407. The SMILES string of the molecule is CCCC(CC(=O)O)NC(=O)C=C(C)C1CC1. The molecule has 0 aromatic heterocycles. The Bertz CT molecular complexity index is 319. The Hall–Kier alpha value is -1.32. The van der Waals surface area contributed by atoms with E-state index in [0.717, 1.165) is 12.0 Å². The summed E-state index contributed by atoms with van der Waals surface area (Å²) >= 11 is 0. The number of carboxylic acids is 1. The molecule has 4 nitrogen and oxygen atoms in total. The summed E-state index contributed by atoms with van der Waals surface area (Å²) < 4.78 is 0. The van der Waals surface area contributed by atoms with Crippen molar-refractivity contribution in [2.45, 2.75) is 52.0 Å². The van der Waals surface area contributed by atoms with Gasteiger partial charge in [-0.1, -0.05) is 18.9 Å². The van der Waals surface area contributed by atoms with Gasteiger partial charge in [-0.05, 0) is 32.1 Å². The maximum absolute atomic E-state index is 11.7. The molecule has 1 rings (SSSR count). The van der Waals surface area contributed by atoms with Crippen LogP contribution in [0.1, 0.15) is 46.0 Å². The van der Waals surface area contributed by atoms with Crippen molar-refractivity contribution in [2.75, 3.05) is 0 Å². The molecule has 96 valence electrons. The van der Waals surface area contributed by atoms with E-state index >= 15 is 0 Å². The Labute approximate surface area is 102 Å². The number of carboxylic acid groups (broad SMARTS) is 1. The molecule has 2 N–H and O–H groups in total. The van der Waals surface area contributed by atoms with Crippen LogP contribution >= 0.6 is 0 Å². The van der Waals surface area contributed by atoms with Gasteiger partial charge in [0.2, 0.25) is 5.91 Å². The molecule has 0 aromatic carbocycles. The molecule has 17 heavy (non-hydrogen) atoms. The van der Waals surface area contributed by atoms with Crippen molar-refractivity contribution in [2.24, 2.45) is 5.92 Å². The van der Waals surface area contributed by atoms with Crippen LogP contribution in [0.2, 0.25) is 0 Å². The Morgan fingerprint density at radius 1 is 1.47 bits per heavy atom. The summed E-state index contributed by atoms with van der Waals surface area (Å²) in [5, 5.41) is 11.5. The number of allylic oxidation sites excluding steroid dienone is 1. The predicted molar refractivity (Wildman–Crippen MR) is 65.6 cm³/mol. The summed E-state index contributed by atoms with van der Waals surface area (Å²) in [4.78, 5) is 22.3. The second-order valence-corrected chi connectivity index (χ2v) is 4.75. The highest BCUT2D eigenvalue weighted by molar-refractivity contribution is 5.88. The summed E-state index contributed by atoms with van der Waals surface area (Å²) in [6.07, 6.45) is 5.52. The van der Waals surface area contributed by atoms with Gasteiger partial charge in [0.15, 0.2) is 0 Å². The Balaban J connectivity index is 2.44. The average molecular weight is 239 g/mol. The smallest absolute Gasteiger partial charge is 0.305 e. The van der Waals surface area contributed by atoms with Crippen molar-refractivity contribution in [3.8, 4) is 0 Å². The van der Waals surface area contributed by atoms with Gasteiger partial charge in [0.05, 0.1) is 6.42 Å². The molecule has 0 bridgehead atoms. The molecule has 1 saturated carbocycles. The van der Waals surface area contributed by atoms with Gasteiger partial charge < -0.3 is 10.4 Å². The molecule has 1 atom stereocenters. The second-order valence-electron chi connectivity index (χ2n) is 4.75. The topological polar surface area (TPSA) is 66.4 Å². The highest BCUT2D eigenvalue weighted by Gasteiger charge is 2.23. The van der Waals surface area contributed by atoms with Crippen LogP contribution in [-0.2, 0) is 9.59 Å². The molecule has 4 heteroatoms. The largest absolute Gasteiger partial charge is 0.481 e. The van der Waals surface area contributed by atoms with Gasteiger partial charge in [-0.3, -0.25) is 9.59 Å². The van der Waals surface area contributed by atoms with Crippen LogP contribution in [0.25, 0.3) is 0 Å². The number of hydrogen-bond donors (Lipinski definition) is 2. The van der Waals surface area contributed by atoms with Crippen molar-refractivity contribution in [3.63, 3.8) is 0 Å². The third-order valence-corrected chi connectivity index (χ3v) is 2.98. The van der Waals surface area contributed by atoms with E-state index in [0.29, 0.717) is 12.3 Å². The molecule has 0 heterocycles. The van der Waals surface area contributed by atoms with Crippen molar-refractivity contribution in [1.82, 2.24) is 5.32 Å². The molecule has 0 radical (unpaired) electrons. The summed E-state index contributed by atoms with van der Waals surface area (Å²) in [6.45, 7) is 3.94. The average Bonchev–Trinajstić information content (AvgIpc) is 2.99. The van der Waals surface area contributed by atoms with Gasteiger partial charge in [-0.25, -0.2) is 0 Å². The molecular formula is C13H21NO3. The van der Waals surface area contributed by atoms with Gasteiger partial charge in [-0.2, -0.15) is 0 Å². The molecule has 1 aliphatic rings. The monoisotopic (exact) mass is 239 g/mol. The zero-order valence-corrected chi connectivity index (χ0v) is 10.5. The molecule has 1 unspecified atom stereocenters. The number of rotatable bonds is 7. The third-order valence-electron chi connectivity index (χ3n) is 2.98. The number of nitrogens with one attached hydrogen (secondary N) is 1. The van der Waals surface area contributed by atoms with E-state index in [1.807, 2.05) is 13.8 Å². The zero-order chi connectivity index (χ0) is 12.8. The standard InChI is InChI=1S/C13H21NO3/c1-3-4-11(8-13(16)17)14-12(15)7-9(2)10-5-6-10/h7,10-11H,3-6,8H2,1-2H3,(H,14,15)(H,16,17). The minimum Gasteiger partial charge on any atom is -0.481 e. The predicted octanol–water partition coefficient (Wildman–Crippen LogP) is 2.10. The van der Waals surface area contributed by atoms with Crippen LogP contribution in [0.5, 0.6) is 0 Å². The fraction of sp³-hybridized carbons (Fsp3) is 0.692. The number of hydrogen-bond acceptors (Lipinski definition) is 2. The van der Waals surface area contributed by atoms with Crippen molar-refractivity contribution in [1.29, 1.82) is 0 Å². The van der Waals surface area contributed by atoms with E-state index in [2.05, 4.69) is 5.32 Å². The first-order valence-electron chi connectivity index (χ1n) is 6.23. The van der Waals surface area contributed by atoms with Crippen molar-refractivity contribution < 1.29 is 14.7 Å². The maximum Gasteiger partial charge on any atom is 0.305 e. The van der Waals surface area contributed by atoms with Gasteiger partial charge in [0.1, 0.15) is 0 Å². The van der Waals surface area contributed by atoms with Gasteiger partial charge in [0.25, 0.3) is 0 Å². The molecule has 0 aromatic rings. The summed E-state index contributed by atoms with van der Waals surface area (Å²) in [5.74, 6) is -0.453. The first-order valence-corrected chi connectivity index (χ1v) is 6.23. The van der Waals surface area contributed by atoms with Crippen LogP contribution in [0.15, 0.2) is 11.6 Å². The maximum atomic E-state index is 11.7. The van der Waals surface area contributed by atoms with Crippen LogP contribution in [0.3, 0.4) is 0 Å². The lowest BCUT2D eigenvalue weighted by Gasteiger charge is -2.14. The number of carbonyl (C=O) groups is 2. The highest BCUT2D eigenvalue weighted by Crippen LogP contribution is 2.35. The third kappa shape index (κ3) is 5.52. The summed E-state index contributed by atoms with van der Waals surface area (Å²) in [7, 11) is 0. The summed E-state index contributed by atoms with van der Waals surface area (Å²) in [6, 6.07) is -0.256. The van der Waals surface area contributed by atoms with E-state index in [1.165, 1.54) is 12.8 Å². The minimum atomic E-state index is -0.869. The second kappa shape index (κ2) is 6.42. The Kier molecular flexibility index (Phi) is 5.19. The van der Waals surface area contributed by atoms with E-state index in [-0.39, 0.29) is 18.4 Å². The lowest BCUT2D eigenvalue weighted by molar-refractivity contribution is -0.137. The summed E-state index contributed by atoms with van der Waals surface area (Å²) in [5.41, 5.74) is 1.10. The van der Waals surface area contributed by atoms with E-state index in [9.17, 15) is 9.59 Å². The molecule has 1 amide bonds. The van der Waals surface area contributed by atoms with Crippen LogP contribution < -0.4 is 5.32 Å². The lowest BCUT2D eigenvalue weighted by atomic mass is 10.1. The number of aliphatic carboxylic acids is 1. The van der Waals surface area contributed by atoms with Crippen LogP contribution in [0.4, 0.5) is 0 Å². The van der Waals surface area contributed by atoms with Gasteiger partial charge in [0, 0.05) is 12.1 Å². The van der Waals surface area contributed by atoms with Crippen molar-refractivity contribution in [3.05, 3.63) is 11.6 Å². The number of carbonyl (C=O) groups excluding carboxylic acids is 1. The highest BCUT2D eigenvalue weighted by atomic mass is 16.4. The van der Waals surface area contributed by atoms with Gasteiger partial charge in [-0.15, -0.1) is 0 Å². The van der Waals surface area contributed by atoms with Crippen LogP contribution in [-0.4, -0.2) is 23.0 Å². The normalized spacial score (nSPS) is 17.6. The first kappa shape index (κ1) is 13.7. The first-order chi connectivity index (χ1) is 8.02. The number of amides is 1. The molecule has 1 fully saturated rings. The van der Waals surface area contributed by atoms with E-state index in [4.69, 9.17) is 5.11 Å². The molecule has 0 saturated heterocycles. The zero-order valence-electron chi connectivity index (χ0n) is 10.5. The molecule has 1 aliphatic carbocycles. The lowest BCUT2D eigenvalue weighted by Crippen LogP contribution is -2.35. The molecular weight excluding hydrogens is 218 g/mol. The fourth-order valence-corrected chi connectivity index (χ4v) is 1.89. The van der Waals surface area contributed by atoms with E-state index < -0.39 is 5.97 Å². The quantitative estimate of drug-likeness (QED) is 0.669. The molecule has 0 aliphatic heterocycles. The fourth-order valence-electron chi connectivity index (χ4n) is 1.89. The van der Waals surface area contributed by atoms with E-state index in [1.54, 1.807) is 6.08 Å². The Morgan fingerprint density at radius 2 is 2.12 bits per heavy atom. The van der Waals surface area contributed by atoms with Crippen LogP contribution in [0, 0.1) is 5.92 Å². The molecule has 0 spiro atoms. The van der Waals surface area contributed by atoms with Gasteiger partial charge >= 0.3 is 5.97 Å². The Morgan fingerprint density at radius 3 is 2.59 bits per heavy atom.